The summed E-state index contributed by atoms with van der Waals surface area (Å²) >= 11 is 0.680. The van der Waals surface area contributed by atoms with Crippen LogP contribution in [-0.4, -0.2) is 29.1 Å². The smallest absolute Gasteiger partial charge is 0.291 e. The van der Waals surface area contributed by atoms with Gasteiger partial charge in [0, 0.05) is 34.4 Å². The van der Waals surface area contributed by atoms with E-state index < -0.39 is 0 Å². The van der Waals surface area contributed by atoms with Gasteiger partial charge in [-0.3, -0.25) is 9.59 Å². The normalized spacial score (nSPS) is 15.3. The molecule has 1 saturated heterocycles. The molecule has 6 nitrogen and oxygen atoms in total. The van der Waals surface area contributed by atoms with E-state index in [4.69, 9.17) is 9.47 Å². The zero-order chi connectivity index (χ0) is 19.7. The third-order valence-corrected chi connectivity index (χ3v) is 5.31. The Morgan fingerprint density at radius 2 is 1.96 bits per heavy atom. The van der Waals surface area contributed by atoms with Crippen molar-refractivity contribution in [3.63, 3.8) is 0 Å². The first-order valence-corrected chi connectivity index (χ1v) is 9.44. The Kier molecular flexibility index (Phi) is 4.83. The highest BCUT2D eigenvalue weighted by atomic mass is 32.2. The quantitative estimate of drug-likeness (QED) is 0.662. The summed E-state index contributed by atoms with van der Waals surface area (Å²) in [6, 6.07) is 13.6. The summed E-state index contributed by atoms with van der Waals surface area (Å²) in [5.41, 5.74) is 3.20. The molecule has 7 heteroatoms. The molecule has 28 heavy (non-hydrogen) atoms. The van der Waals surface area contributed by atoms with Crippen molar-refractivity contribution in [3.8, 4) is 11.5 Å². The van der Waals surface area contributed by atoms with E-state index >= 15 is 0 Å². The minimum absolute atomic E-state index is 0.262. The van der Waals surface area contributed by atoms with Crippen molar-refractivity contribution in [2.24, 2.45) is 0 Å². The summed E-state index contributed by atoms with van der Waals surface area (Å²) in [5, 5.41) is 2.98. The van der Waals surface area contributed by atoms with Gasteiger partial charge in [-0.05, 0) is 42.0 Å². The van der Waals surface area contributed by atoms with Crippen LogP contribution >= 0.6 is 11.8 Å². The van der Waals surface area contributed by atoms with Gasteiger partial charge < -0.3 is 19.4 Å². The maximum Gasteiger partial charge on any atom is 0.291 e. The second kappa shape index (κ2) is 7.44. The lowest BCUT2D eigenvalue weighted by molar-refractivity contribution is -0.107. The van der Waals surface area contributed by atoms with Gasteiger partial charge >= 0.3 is 0 Å². The molecule has 0 atom stereocenters. The minimum Gasteiger partial charge on any atom is -0.497 e. The molecular formula is C21H18N2O4S. The largest absolute Gasteiger partial charge is 0.497 e. The molecule has 0 saturated carbocycles. The summed E-state index contributed by atoms with van der Waals surface area (Å²) in [5.74, 6) is 1.56. The van der Waals surface area contributed by atoms with Crippen molar-refractivity contribution in [1.29, 1.82) is 0 Å². The van der Waals surface area contributed by atoms with Crippen LogP contribution in [0.25, 0.3) is 17.0 Å². The number of hydrogen-bond donors (Lipinski definition) is 1. The van der Waals surface area contributed by atoms with Gasteiger partial charge in [0.15, 0.2) is 0 Å². The first kappa shape index (κ1) is 18.2. The average molecular weight is 394 g/mol. The molecule has 3 aromatic rings. The predicted molar refractivity (Wildman–Crippen MR) is 110 cm³/mol. The van der Waals surface area contributed by atoms with Crippen molar-refractivity contribution in [3.05, 3.63) is 65.5 Å². The highest BCUT2D eigenvalue weighted by Gasteiger charge is 2.25. The number of nitrogens with zero attached hydrogens (tertiary/aromatic N) is 1. The second-order valence-corrected chi connectivity index (χ2v) is 7.21. The Hall–Kier alpha value is -3.19. The maximum absolute atomic E-state index is 11.9. The van der Waals surface area contributed by atoms with E-state index in [1.54, 1.807) is 20.3 Å². The number of benzene rings is 2. The average Bonchev–Trinajstić information content (AvgIpc) is 3.25. The molecule has 0 bridgehead atoms. The van der Waals surface area contributed by atoms with E-state index in [2.05, 4.69) is 9.88 Å². The summed E-state index contributed by atoms with van der Waals surface area (Å²) < 4.78 is 12.9. The van der Waals surface area contributed by atoms with E-state index in [0.717, 1.165) is 33.5 Å². The van der Waals surface area contributed by atoms with Crippen molar-refractivity contribution >= 4 is 39.1 Å². The summed E-state index contributed by atoms with van der Waals surface area (Å²) in [6.07, 6.45) is 3.72. The Balaban J connectivity index is 1.72. The van der Waals surface area contributed by atoms with Gasteiger partial charge in [0.2, 0.25) is 5.12 Å². The van der Waals surface area contributed by atoms with E-state index in [-0.39, 0.29) is 10.4 Å². The van der Waals surface area contributed by atoms with E-state index in [1.807, 2.05) is 48.7 Å². The number of hydrogen-bond acceptors (Lipinski definition) is 5. The van der Waals surface area contributed by atoms with E-state index in [1.165, 1.54) is 0 Å². The number of rotatable bonds is 5. The van der Waals surface area contributed by atoms with Crippen molar-refractivity contribution < 1.29 is 19.1 Å². The van der Waals surface area contributed by atoms with Gasteiger partial charge in [-0.1, -0.05) is 12.1 Å². The molecule has 2 aromatic carbocycles. The number of fused-ring (bicyclic) bond motifs is 1. The summed E-state index contributed by atoms with van der Waals surface area (Å²) in [7, 11) is 3.28. The van der Waals surface area contributed by atoms with E-state index in [9.17, 15) is 9.59 Å². The van der Waals surface area contributed by atoms with Gasteiger partial charge in [-0.15, -0.1) is 0 Å². The van der Waals surface area contributed by atoms with Crippen LogP contribution in [0.3, 0.4) is 0 Å². The monoisotopic (exact) mass is 394 g/mol. The molecule has 4 rings (SSSR count). The molecule has 1 aliphatic heterocycles. The highest BCUT2D eigenvalue weighted by Crippen LogP contribution is 2.29. The molecule has 0 radical (unpaired) electrons. The minimum atomic E-state index is -0.342. The fraction of sp³-hybridized carbons (Fsp3) is 0.143. The van der Waals surface area contributed by atoms with Gasteiger partial charge in [0.25, 0.3) is 5.24 Å². The molecule has 2 heterocycles. The number of amides is 1. The molecule has 1 N–H and O–H groups in total. The number of carbonyl (C=O) groups excluding carboxylic acids is 2. The lowest BCUT2D eigenvalue weighted by Gasteiger charge is -2.12. The molecule has 1 amide bonds. The van der Waals surface area contributed by atoms with Gasteiger partial charge in [-0.25, -0.2) is 0 Å². The number of methoxy groups -OCH3 is 2. The Morgan fingerprint density at radius 1 is 1.11 bits per heavy atom. The molecule has 0 unspecified atom stereocenters. The van der Waals surface area contributed by atoms with Gasteiger partial charge in [0.05, 0.1) is 26.5 Å². The lowest BCUT2D eigenvalue weighted by atomic mass is 10.1. The van der Waals surface area contributed by atoms with Crippen LogP contribution < -0.4 is 14.8 Å². The third-order valence-electron chi connectivity index (χ3n) is 4.62. The first-order valence-electron chi connectivity index (χ1n) is 8.62. The van der Waals surface area contributed by atoms with Crippen molar-refractivity contribution in [1.82, 2.24) is 9.88 Å². The maximum atomic E-state index is 11.9. The topological polar surface area (TPSA) is 69.6 Å². The number of carbonyl (C=O) groups is 2. The molecule has 0 aliphatic carbocycles. The first-order chi connectivity index (χ1) is 13.6. The van der Waals surface area contributed by atoms with Crippen LogP contribution in [-0.2, 0) is 11.3 Å². The molecule has 1 aliphatic rings. The predicted octanol–water partition coefficient (Wildman–Crippen LogP) is 4.03. The highest BCUT2D eigenvalue weighted by molar-refractivity contribution is 8.27. The van der Waals surface area contributed by atoms with Gasteiger partial charge in [0.1, 0.15) is 11.5 Å². The van der Waals surface area contributed by atoms with E-state index in [0.29, 0.717) is 24.0 Å². The summed E-state index contributed by atoms with van der Waals surface area (Å²) in [6.45, 7) is 0.607. The number of nitrogens with one attached hydrogen (secondary N) is 1. The Labute approximate surface area is 166 Å². The number of thioether (sulfide) groups is 1. The van der Waals surface area contributed by atoms with Crippen molar-refractivity contribution in [2.75, 3.05) is 14.2 Å². The Morgan fingerprint density at radius 3 is 2.68 bits per heavy atom. The van der Waals surface area contributed by atoms with Crippen molar-refractivity contribution in [2.45, 2.75) is 6.54 Å². The standard InChI is InChI=1S/C21H18N2O4S/c1-26-15-6-7-19(27-2)14(10-15)12-23-9-8-16-13(4-3-5-18(16)23)11-17-20(24)28-21(25)22-17/h3-11H,12H2,1-2H3,(H,22,25). The van der Waals surface area contributed by atoms with Crippen LogP contribution in [0.1, 0.15) is 11.1 Å². The summed E-state index contributed by atoms with van der Waals surface area (Å²) in [4.78, 5) is 23.3. The lowest BCUT2D eigenvalue weighted by Crippen LogP contribution is -2.10. The zero-order valence-electron chi connectivity index (χ0n) is 15.4. The SMILES string of the molecule is COc1ccc(OC)c(Cn2ccc3c(C=C4NC(=O)SC4=O)cccc32)c1. The molecule has 0 spiro atoms. The molecule has 1 aromatic heterocycles. The Bertz CT molecular complexity index is 1120. The molecule has 1 fully saturated rings. The molecule has 142 valence electrons. The van der Waals surface area contributed by atoms with Crippen LogP contribution in [0.4, 0.5) is 4.79 Å². The zero-order valence-corrected chi connectivity index (χ0v) is 16.2. The van der Waals surface area contributed by atoms with Crippen LogP contribution in [0.5, 0.6) is 11.5 Å². The van der Waals surface area contributed by atoms with Gasteiger partial charge in [-0.2, -0.15) is 0 Å². The number of aromatic nitrogens is 1. The number of ether oxygens (including phenoxy) is 2. The van der Waals surface area contributed by atoms with Crippen LogP contribution in [0, 0.1) is 0 Å². The van der Waals surface area contributed by atoms with Crippen LogP contribution in [0.15, 0.2) is 54.4 Å². The molecular weight excluding hydrogens is 376 g/mol. The van der Waals surface area contributed by atoms with Crippen LogP contribution in [0.2, 0.25) is 0 Å². The third kappa shape index (κ3) is 3.36. The fourth-order valence-electron chi connectivity index (χ4n) is 3.28. The fourth-order valence-corrected chi connectivity index (χ4v) is 3.83. The second-order valence-electron chi connectivity index (χ2n) is 6.26.